The summed E-state index contributed by atoms with van der Waals surface area (Å²) in [5.41, 5.74) is 0.725. The van der Waals surface area contributed by atoms with Crippen LogP contribution in [0.3, 0.4) is 0 Å². The SMILES string of the molecule is C=CCOC(=O)[C@H]1O[C@@H](Oc2ccc(COC(=O)O[C@H]3CC(=O)O[C@H](c4ccc5sc(C)nc5c4)CC=C(C)CCC[C@H](C)[C@H](O[Si](C)(C)C(C)(C)C)[C@@H](CC=C)C(=O)C3(C)C)cc2[N+](=O)[O-])[C@H](O[Si](C)(C)C(C)(C)C)[C@@H](O[Si](C)(C)C(C)(C)C)[C@H]1O[Si](C)(C)C(C)(C)C. The number of nitro groups is 1. The van der Waals surface area contributed by atoms with Crippen LogP contribution < -0.4 is 4.74 Å². The maximum atomic E-state index is 15.7. The van der Waals surface area contributed by atoms with E-state index in [1.54, 1.807) is 31.3 Å². The highest BCUT2D eigenvalue weighted by atomic mass is 32.1. The quantitative estimate of drug-likeness (QED) is 0.0257. The molecule has 0 bridgehead atoms. The van der Waals surface area contributed by atoms with Crippen LogP contribution in [-0.4, -0.2) is 117 Å². The number of hydrogen-bond acceptors (Lipinski definition) is 18. The Morgan fingerprint density at radius 2 is 1.32 bits per heavy atom. The largest absolute Gasteiger partial charge is 0.508 e. The minimum absolute atomic E-state index is 0.0799. The number of rotatable bonds is 20. The summed E-state index contributed by atoms with van der Waals surface area (Å²) in [6, 6.07) is 9.89. The molecule has 0 N–H and O–H groups in total. The summed E-state index contributed by atoms with van der Waals surface area (Å²) in [5, 5.41) is 13.0. The molecule has 2 aromatic carbocycles. The predicted molar refractivity (Wildman–Crippen MR) is 383 cm³/mol. The predicted octanol–water partition coefficient (Wildman–Crippen LogP) is 18.5. The lowest BCUT2D eigenvalue weighted by molar-refractivity contribution is -0.387. The first kappa shape index (κ1) is 80.0. The molecule has 94 heavy (non-hydrogen) atoms. The van der Waals surface area contributed by atoms with Crippen LogP contribution in [0.5, 0.6) is 5.75 Å². The Labute approximate surface area is 570 Å². The van der Waals surface area contributed by atoms with Crippen molar-refractivity contribution >= 4 is 84.4 Å². The van der Waals surface area contributed by atoms with Gasteiger partial charge in [-0.05, 0) is 161 Å². The number of ketones is 1. The molecule has 2 aliphatic heterocycles. The van der Waals surface area contributed by atoms with Gasteiger partial charge in [0.1, 0.15) is 49.5 Å². The fraction of sp³-hybridized carbons (Fsp3) is 0.676. The number of fused-ring (bicyclic) bond motifs is 1. The monoisotopic (exact) mass is 1390 g/mol. The molecule has 3 aromatic rings. The van der Waals surface area contributed by atoms with Crippen molar-refractivity contribution in [2.75, 3.05) is 6.61 Å². The molecule has 0 aliphatic carbocycles. The van der Waals surface area contributed by atoms with E-state index in [1.807, 2.05) is 25.1 Å². The lowest BCUT2D eigenvalue weighted by Crippen LogP contribution is -2.69. The summed E-state index contributed by atoms with van der Waals surface area (Å²) in [5.74, 6) is -2.85. The van der Waals surface area contributed by atoms with Gasteiger partial charge in [-0.1, -0.05) is 133 Å². The van der Waals surface area contributed by atoms with E-state index in [4.69, 9.17) is 51.1 Å². The fourth-order valence-corrected chi connectivity index (χ4v) is 16.6. The van der Waals surface area contributed by atoms with Gasteiger partial charge in [-0.15, -0.1) is 17.9 Å². The third-order valence-electron chi connectivity index (χ3n) is 20.7. The van der Waals surface area contributed by atoms with Crippen molar-refractivity contribution in [3.05, 3.63) is 99.6 Å². The number of Topliss-reactive ketones (excluding diaryl/α,β-unsaturated/α-hetero) is 1. The zero-order valence-electron chi connectivity index (χ0n) is 61.4. The van der Waals surface area contributed by atoms with Crippen LogP contribution in [0, 0.1) is 34.3 Å². The fourth-order valence-electron chi connectivity index (χ4n) is 10.5. The highest BCUT2D eigenvalue weighted by Crippen LogP contribution is 2.48. The molecule has 23 heteroatoms. The van der Waals surface area contributed by atoms with Gasteiger partial charge in [0.15, 0.2) is 45.1 Å². The van der Waals surface area contributed by atoms with Gasteiger partial charge in [0, 0.05) is 18.4 Å². The van der Waals surface area contributed by atoms with Crippen molar-refractivity contribution < 1.29 is 70.2 Å². The number of carbonyl (C=O) groups excluding carboxylic acids is 4. The number of thiazole rings is 1. The number of ether oxygens (including phenoxy) is 6. The molecule has 1 fully saturated rings. The summed E-state index contributed by atoms with van der Waals surface area (Å²) in [6.07, 6.45) is -2.40. The number of aromatic nitrogens is 1. The third-order valence-corrected chi connectivity index (χ3v) is 39.5. The number of benzene rings is 2. The lowest BCUT2D eigenvalue weighted by atomic mass is 9.71. The van der Waals surface area contributed by atoms with Gasteiger partial charge in [-0.2, -0.15) is 0 Å². The average Bonchev–Trinajstić information content (AvgIpc) is 0.869. The van der Waals surface area contributed by atoms with Crippen molar-refractivity contribution in [1.29, 1.82) is 0 Å². The molecule has 10 atom stereocenters. The Bertz CT molecular complexity index is 3200. The number of aryl methyl sites for hydroxylation is 1. The van der Waals surface area contributed by atoms with E-state index < -0.39 is 135 Å². The second-order valence-electron chi connectivity index (χ2n) is 32.6. The second-order valence-corrected chi connectivity index (χ2v) is 52.8. The highest BCUT2D eigenvalue weighted by molar-refractivity contribution is 7.18. The number of cyclic esters (lactones) is 1. The van der Waals surface area contributed by atoms with Gasteiger partial charge in [-0.3, -0.25) is 19.7 Å². The Morgan fingerprint density at radius 3 is 1.86 bits per heavy atom. The molecule has 526 valence electrons. The van der Waals surface area contributed by atoms with Crippen LogP contribution in [0.15, 0.2) is 73.4 Å². The molecule has 18 nitrogen and oxygen atoms in total. The smallest absolute Gasteiger partial charge is 0.459 e. The maximum absolute atomic E-state index is 15.7. The van der Waals surface area contributed by atoms with Crippen LogP contribution >= 0.6 is 11.3 Å². The Kier molecular flexibility index (Phi) is 26.4. The maximum Gasteiger partial charge on any atom is 0.508 e. The summed E-state index contributed by atoms with van der Waals surface area (Å²) in [6.45, 7) is 58.8. The van der Waals surface area contributed by atoms with E-state index in [-0.39, 0.29) is 56.2 Å². The van der Waals surface area contributed by atoms with Gasteiger partial charge < -0.3 is 46.1 Å². The zero-order valence-corrected chi connectivity index (χ0v) is 66.2. The molecule has 0 spiro atoms. The van der Waals surface area contributed by atoms with Crippen LogP contribution in [0.2, 0.25) is 72.5 Å². The van der Waals surface area contributed by atoms with Gasteiger partial charge >= 0.3 is 23.8 Å². The summed E-state index contributed by atoms with van der Waals surface area (Å²) < 4.78 is 67.8. The Balaban J connectivity index is 1.59. The Morgan fingerprint density at radius 1 is 0.766 bits per heavy atom. The molecule has 0 radical (unpaired) electrons. The number of carbonyl (C=O) groups is 4. The highest BCUT2D eigenvalue weighted by Gasteiger charge is 2.60. The molecule has 2 aliphatic rings. The molecule has 0 saturated carbocycles. The number of nitro benzene ring substituents is 1. The summed E-state index contributed by atoms with van der Waals surface area (Å²) in [7, 11) is -10.9. The number of hydrogen-bond donors (Lipinski definition) is 0. The lowest BCUT2D eigenvalue weighted by Gasteiger charge is -2.53. The van der Waals surface area contributed by atoms with Gasteiger partial charge in [-0.25, -0.2) is 14.6 Å². The molecule has 0 amide bonds. The van der Waals surface area contributed by atoms with Crippen molar-refractivity contribution in [3.8, 4) is 5.75 Å². The summed E-state index contributed by atoms with van der Waals surface area (Å²) >= 11 is 1.57. The van der Waals surface area contributed by atoms with Crippen LogP contribution in [0.1, 0.15) is 172 Å². The van der Waals surface area contributed by atoms with Crippen molar-refractivity contribution in [3.63, 3.8) is 0 Å². The van der Waals surface area contributed by atoms with E-state index in [1.165, 1.54) is 24.3 Å². The van der Waals surface area contributed by atoms with Crippen molar-refractivity contribution in [2.45, 2.75) is 284 Å². The standard InChI is InChI=1S/C71H114N2O16SSi4/c1-28-31-50-58(86-91(20,21)67(6,7)8)46(4)33-30-32-45(3)34-37-53(49-36-39-55-51(42-49)72-47(5)90-55)82-57(74)43-56(71(18,19)63(50)75)84-66(77)81-44-48-35-38-54(52(41-48)73(78)79)83-65-62(89-94(26,27)70(15,16)17)60(88-93(24,25)69(12,13)14)59(87-92(22,23)68(9,10)11)61(85-65)64(76)80-40-29-2/h28-29,34-36,38-39,41-42,46,50,53,56,58-62,65H,1-2,30-33,37,40,43-44H2,3-27H3/t46-,50+,53-,56-,58-,59+,60-,61-,62+,65+/m0/s1. The van der Waals surface area contributed by atoms with E-state index in [0.29, 0.717) is 6.42 Å². The van der Waals surface area contributed by atoms with Crippen LogP contribution in [0.4, 0.5) is 10.5 Å². The molecule has 1 aromatic heterocycles. The van der Waals surface area contributed by atoms with Gasteiger partial charge in [0.2, 0.25) is 6.29 Å². The Hall–Kier alpha value is -4.70. The third kappa shape index (κ3) is 20.0. The van der Waals surface area contributed by atoms with E-state index in [2.05, 4.69) is 169 Å². The van der Waals surface area contributed by atoms with Crippen LogP contribution in [0.25, 0.3) is 10.2 Å². The van der Waals surface area contributed by atoms with Gasteiger partial charge in [0.25, 0.3) is 0 Å². The first-order valence-corrected chi connectivity index (χ1v) is 45.7. The van der Waals surface area contributed by atoms with E-state index in [0.717, 1.165) is 45.6 Å². The molecular formula is C71H114N2O16SSi4. The number of nitrogens with zero attached hydrogens (tertiary/aromatic N) is 2. The normalized spacial score (nSPS) is 24.6. The molecule has 0 unspecified atom stereocenters. The van der Waals surface area contributed by atoms with E-state index >= 15 is 4.79 Å². The van der Waals surface area contributed by atoms with Crippen molar-refractivity contribution in [2.24, 2.45) is 17.3 Å². The molecular weight excluding hydrogens is 1280 g/mol. The zero-order chi connectivity index (χ0) is 71.3. The molecule has 5 rings (SSSR count). The number of allylic oxidation sites excluding steroid dienone is 2. The first-order valence-electron chi connectivity index (χ1n) is 33.3. The number of esters is 2. The minimum atomic E-state index is -2.83. The van der Waals surface area contributed by atoms with Crippen molar-refractivity contribution in [1.82, 2.24) is 4.98 Å². The van der Waals surface area contributed by atoms with Crippen LogP contribution in [-0.2, 0) is 62.4 Å². The molecule has 3 heterocycles. The average molecular weight is 1400 g/mol. The minimum Gasteiger partial charge on any atom is -0.459 e. The second kappa shape index (κ2) is 31.0. The van der Waals surface area contributed by atoms with Gasteiger partial charge in [0.05, 0.1) is 38.1 Å². The topological polar surface area (TPSA) is 217 Å². The first-order chi connectivity index (χ1) is 43.0. The molecule has 1 saturated heterocycles. The summed E-state index contributed by atoms with van der Waals surface area (Å²) in [4.78, 5) is 76.6. The van der Waals surface area contributed by atoms with E-state index in [9.17, 15) is 24.5 Å².